The van der Waals surface area contributed by atoms with Crippen molar-refractivity contribution in [3.8, 4) is 11.5 Å². The smallest absolute Gasteiger partial charge is 0.331 e. The fourth-order valence-corrected chi connectivity index (χ4v) is 2.34. The van der Waals surface area contributed by atoms with Crippen LogP contribution >= 0.6 is 0 Å². The fraction of sp³-hybridized carbons (Fsp3) is 0.333. The summed E-state index contributed by atoms with van der Waals surface area (Å²) in [7, 11) is 0. The molecule has 5 nitrogen and oxygen atoms in total. The minimum atomic E-state index is -1.17. The van der Waals surface area contributed by atoms with Crippen LogP contribution in [0.25, 0.3) is 0 Å². The highest BCUT2D eigenvalue weighted by molar-refractivity contribution is 6.04. The molecule has 1 rings (SSSR count). The Morgan fingerprint density at radius 2 is 1.73 bits per heavy atom. The molecule has 0 aliphatic heterocycles. The third-order valence-corrected chi connectivity index (χ3v) is 3.83. The maximum atomic E-state index is 12.2. The first-order chi connectivity index (χ1) is 12.2. The van der Waals surface area contributed by atoms with Gasteiger partial charge in [-0.05, 0) is 58.2 Å². The van der Waals surface area contributed by atoms with Gasteiger partial charge in [-0.2, -0.15) is 0 Å². The molecule has 1 aromatic rings. The van der Waals surface area contributed by atoms with Gasteiger partial charge in [0.05, 0.1) is 5.56 Å². The lowest BCUT2D eigenvalue weighted by atomic mass is 10.0. The van der Waals surface area contributed by atoms with Crippen molar-refractivity contribution in [1.29, 1.82) is 0 Å². The van der Waals surface area contributed by atoms with Crippen molar-refractivity contribution in [3.63, 3.8) is 0 Å². The predicted octanol–water partition coefficient (Wildman–Crippen LogP) is 4.76. The van der Waals surface area contributed by atoms with E-state index in [1.165, 1.54) is 23.8 Å². The van der Waals surface area contributed by atoms with Gasteiger partial charge < -0.3 is 15.3 Å². The maximum absolute atomic E-state index is 12.2. The molecule has 0 heterocycles. The number of phenolic OH excluding ortho intramolecular Hbond substituents is 2. The van der Waals surface area contributed by atoms with Gasteiger partial charge in [-0.3, -0.25) is 4.79 Å². The highest BCUT2D eigenvalue weighted by atomic mass is 16.4. The standard InChI is InChI=1S/C21H26O5/c1-14(2)6-4-7-15(3)8-5-9-16(21(25)26)12-20(24)18-13-17(22)10-11-19(18)23/h6,8-11,13,22-23H,4-5,7,12H2,1-3H3,(H,25,26). The van der Waals surface area contributed by atoms with Gasteiger partial charge in [-0.15, -0.1) is 0 Å². The number of phenols is 2. The van der Waals surface area contributed by atoms with Crippen molar-refractivity contribution in [2.45, 2.75) is 46.5 Å². The van der Waals surface area contributed by atoms with E-state index in [2.05, 4.69) is 6.08 Å². The van der Waals surface area contributed by atoms with Crippen LogP contribution in [0, 0.1) is 0 Å². The molecule has 0 saturated carbocycles. The third-order valence-electron chi connectivity index (χ3n) is 3.83. The second-order valence-corrected chi connectivity index (χ2v) is 6.44. The lowest BCUT2D eigenvalue weighted by molar-refractivity contribution is -0.132. The molecule has 0 aliphatic carbocycles. The van der Waals surface area contributed by atoms with Crippen molar-refractivity contribution in [2.75, 3.05) is 0 Å². The Hall–Kier alpha value is -2.82. The van der Waals surface area contributed by atoms with E-state index in [4.69, 9.17) is 0 Å². The molecule has 0 aliphatic rings. The van der Waals surface area contributed by atoms with E-state index in [0.717, 1.165) is 24.5 Å². The van der Waals surface area contributed by atoms with E-state index in [9.17, 15) is 24.9 Å². The van der Waals surface area contributed by atoms with Crippen LogP contribution in [0.4, 0.5) is 0 Å². The summed E-state index contributed by atoms with van der Waals surface area (Å²) in [6, 6.07) is 3.58. The zero-order valence-corrected chi connectivity index (χ0v) is 15.5. The van der Waals surface area contributed by atoms with Crippen LogP contribution in [0.1, 0.15) is 56.8 Å². The Morgan fingerprint density at radius 1 is 1.04 bits per heavy atom. The number of rotatable bonds is 9. The first-order valence-electron chi connectivity index (χ1n) is 8.47. The summed E-state index contributed by atoms with van der Waals surface area (Å²) in [5, 5.41) is 28.4. The summed E-state index contributed by atoms with van der Waals surface area (Å²) >= 11 is 0. The van der Waals surface area contributed by atoms with Gasteiger partial charge in [0.2, 0.25) is 0 Å². The van der Waals surface area contributed by atoms with Gasteiger partial charge in [0.25, 0.3) is 0 Å². The molecular weight excluding hydrogens is 332 g/mol. The molecule has 1 aromatic carbocycles. The number of aliphatic carboxylic acids is 1. The number of benzene rings is 1. The van der Waals surface area contributed by atoms with E-state index in [-0.39, 0.29) is 29.1 Å². The number of carboxylic acid groups (broad SMARTS) is 1. The van der Waals surface area contributed by atoms with Gasteiger partial charge >= 0.3 is 5.97 Å². The minimum absolute atomic E-state index is 0.0360. The summed E-state index contributed by atoms with van der Waals surface area (Å²) in [5.41, 5.74) is 2.29. The molecule has 0 spiro atoms. The first-order valence-corrected chi connectivity index (χ1v) is 8.47. The van der Waals surface area contributed by atoms with Crippen molar-refractivity contribution in [2.24, 2.45) is 0 Å². The SMILES string of the molecule is CC(C)=CCCC(C)=CCC=C(CC(=O)c1cc(O)ccc1O)C(=O)O. The Balaban J connectivity index is 2.78. The molecule has 0 fully saturated rings. The van der Waals surface area contributed by atoms with E-state index in [0.29, 0.717) is 6.42 Å². The lowest BCUT2D eigenvalue weighted by Crippen LogP contribution is -2.08. The van der Waals surface area contributed by atoms with Crippen LogP contribution in [-0.2, 0) is 4.79 Å². The highest BCUT2D eigenvalue weighted by Crippen LogP contribution is 2.24. The Labute approximate surface area is 154 Å². The van der Waals surface area contributed by atoms with Crippen LogP contribution in [0.3, 0.4) is 0 Å². The molecule has 0 radical (unpaired) electrons. The van der Waals surface area contributed by atoms with Crippen LogP contribution in [0.15, 0.2) is 53.1 Å². The molecule has 0 amide bonds. The van der Waals surface area contributed by atoms with Crippen molar-refractivity contribution >= 4 is 11.8 Å². The number of hydrogen-bond acceptors (Lipinski definition) is 4. The number of carboxylic acids is 1. The number of allylic oxidation sites excluding steroid dienone is 5. The van der Waals surface area contributed by atoms with E-state index < -0.39 is 11.8 Å². The average molecular weight is 358 g/mol. The zero-order valence-electron chi connectivity index (χ0n) is 15.5. The molecule has 0 bridgehead atoms. The molecule has 5 heteroatoms. The van der Waals surface area contributed by atoms with Crippen LogP contribution in [-0.4, -0.2) is 27.1 Å². The van der Waals surface area contributed by atoms with Gasteiger partial charge in [-0.1, -0.05) is 29.4 Å². The average Bonchev–Trinajstić information content (AvgIpc) is 2.55. The second kappa shape index (κ2) is 10.2. The predicted molar refractivity (Wildman–Crippen MR) is 101 cm³/mol. The van der Waals surface area contributed by atoms with Crippen LogP contribution in [0.2, 0.25) is 0 Å². The maximum Gasteiger partial charge on any atom is 0.331 e. The molecule has 26 heavy (non-hydrogen) atoms. The van der Waals surface area contributed by atoms with Gasteiger partial charge in [0.1, 0.15) is 11.5 Å². The molecule has 0 saturated heterocycles. The monoisotopic (exact) mass is 358 g/mol. The topological polar surface area (TPSA) is 94.8 Å². The van der Waals surface area contributed by atoms with E-state index in [1.54, 1.807) is 0 Å². The second-order valence-electron chi connectivity index (χ2n) is 6.44. The van der Waals surface area contributed by atoms with E-state index >= 15 is 0 Å². The molecule has 0 atom stereocenters. The highest BCUT2D eigenvalue weighted by Gasteiger charge is 2.17. The summed E-state index contributed by atoms with van der Waals surface area (Å²) in [5.74, 6) is -2.18. The summed E-state index contributed by atoms with van der Waals surface area (Å²) in [4.78, 5) is 23.6. The van der Waals surface area contributed by atoms with Crippen LogP contribution < -0.4 is 0 Å². The number of Topliss-reactive ketones (excluding diaryl/α,β-unsaturated/α-hetero) is 1. The summed E-state index contributed by atoms with van der Waals surface area (Å²) < 4.78 is 0. The van der Waals surface area contributed by atoms with Crippen molar-refractivity contribution in [3.05, 3.63) is 58.7 Å². The number of carbonyl (C=O) groups excluding carboxylic acids is 1. The Bertz CT molecular complexity index is 750. The largest absolute Gasteiger partial charge is 0.508 e. The minimum Gasteiger partial charge on any atom is -0.508 e. The molecule has 3 N–H and O–H groups in total. The molecule has 0 unspecified atom stereocenters. The quantitative estimate of drug-likeness (QED) is 0.256. The van der Waals surface area contributed by atoms with Crippen LogP contribution in [0.5, 0.6) is 11.5 Å². The number of carbonyl (C=O) groups is 2. The van der Waals surface area contributed by atoms with Gasteiger partial charge in [0, 0.05) is 12.0 Å². The van der Waals surface area contributed by atoms with Gasteiger partial charge in [0.15, 0.2) is 5.78 Å². The van der Waals surface area contributed by atoms with Gasteiger partial charge in [-0.25, -0.2) is 4.79 Å². The molecule has 140 valence electrons. The number of ketones is 1. The zero-order chi connectivity index (χ0) is 19.7. The Kier molecular flexibility index (Phi) is 8.35. The first kappa shape index (κ1) is 21.2. The Morgan fingerprint density at radius 3 is 2.35 bits per heavy atom. The lowest BCUT2D eigenvalue weighted by Gasteiger charge is -2.05. The van der Waals surface area contributed by atoms with E-state index in [1.807, 2.05) is 26.8 Å². The summed E-state index contributed by atoms with van der Waals surface area (Å²) in [6.45, 7) is 6.08. The van der Waals surface area contributed by atoms with Crippen molar-refractivity contribution < 1.29 is 24.9 Å². The normalized spacial score (nSPS) is 12.0. The van der Waals surface area contributed by atoms with Crippen molar-refractivity contribution in [1.82, 2.24) is 0 Å². The molecular formula is C21H26O5. The number of aromatic hydroxyl groups is 2. The summed E-state index contributed by atoms with van der Waals surface area (Å²) in [6.07, 6.45) is 7.50. The fourth-order valence-electron chi connectivity index (χ4n) is 2.34. The third kappa shape index (κ3) is 7.38. The number of hydrogen-bond donors (Lipinski definition) is 3. The molecule has 0 aromatic heterocycles.